The van der Waals surface area contributed by atoms with Crippen molar-refractivity contribution in [1.82, 2.24) is 9.66 Å². The largest absolute Gasteiger partial charge is 0.481 e. The Kier molecular flexibility index (Phi) is 4.01. The topological polar surface area (TPSA) is 58.4 Å². The first-order valence-electron chi connectivity index (χ1n) is 6.93. The number of nitrogens with zero attached hydrogens (tertiary/aromatic N) is 3. The molecule has 0 amide bonds. The number of piperidine rings is 1. The number of carboxylic acid groups (broad SMARTS) is 1. The van der Waals surface area contributed by atoms with Crippen molar-refractivity contribution in [1.29, 1.82) is 0 Å². The molecule has 0 atom stereocenters. The van der Waals surface area contributed by atoms with E-state index in [-0.39, 0.29) is 11.6 Å². The highest BCUT2D eigenvalue weighted by atomic mass is 32.2. The second-order valence-corrected chi connectivity index (χ2v) is 5.95. The zero-order valence-electron chi connectivity index (χ0n) is 11.5. The van der Waals surface area contributed by atoms with E-state index in [0.717, 1.165) is 37.7 Å². The molecule has 0 unspecified atom stereocenters. The Balaban J connectivity index is 2.06. The summed E-state index contributed by atoms with van der Waals surface area (Å²) in [7, 11) is 0. The number of hydrogen-bond donors (Lipinski definition) is 1. The molecule has 0 radical (unpaired) electrons. The molecule has 112 valence electrons. The van der Waals surface area contributed by atoms with Gasteiger partial charge in [0.05, 0.1) is 11.3 Å². The fourth-order valence-corrected chi connectivity index (χ4v) is 3.35. The van der Waals surface area contributed by atoms with E-state index in [1.54, 1.807) is 6.07 Å². The summed E-state index contributed by atoms with van der Waals surface area (Å²) in [5.41, 5.74) is 1.00. The van der Waals surface area contributed by atoms with Crippen molar-refractivity contribution in [3.63, 3.8) is 0 Å². The van der Waals surface area contributed by atoms with Gasteiger partial charge in [-0.1, -0.05) is 17.8 Å². The van der Waals surface area contributed by atoms with E-state index in [0.29, 0.717) is 16.2 Å². The van der Waals surface area contributed by atoms with E-state index in [4.69, 9.17) is 5.11 Å². The Labute approximate surface area is 125 Å². The van der Waals surface area contributed by atoms with Crippen molar-refractivity contribution in [3.05, 3.63) is 24.0 Å². The highest BCUT2D eigenvalue weighted by Gasteiger charge is 2.20. The molecule has 3 rings (SSSR count). The molecule has 5 nitrogen and oxygen atoms in total. The summed E-state index contributed by atoms with van der Waals surface area (Å²) < 4.78 is 15.8. The summed E-state index contributed by atoms with van der Waals surface area (Å²) in [6.07, 6.45) is 3.35. The average molecular weight is 309 g/mol. The van der Waals surface area contributed by atoms with Gasteiger partial charge in [-0.2, -0.15) is 0 Å². The molecule has 0 aliphatic carbocycles. The number of benzene rings is 1. The van der Waals surface area contributed by atoms with E-state index in [9.17, 15) is 9.18 Å². The third kappa shape index (κ3) is 2.83. The van der Waals surface area contributed by atoms with Gasteiger partial charge in [-0.15, -0.1) is 0 Å². The van der Waals surface area contributed by atoms with Crippen LogP contribution < -0.4 is 5.01 Å². The predicted octanol–water partition coefficient (Wildman–Crippen LogP) is 2.47. The van der Waals surface area contributed by atoms with Crippen molar-refractivity contribution in [2.24, 2.45) is 0 Å². The van der Waals surface area contributed by atoms with Crippen LogP contribution in [0.25, 0.3) is 11.0 Å². The molecule has 1 aliphatic rings. The van der Waals surface area contributed by atoms with Gasteiger partial charge in [0.2, 0.25) is 0 Å². The lowest BCUT2D eigenvalue weighted by molar-refractivity contribution is -0.133. The van der Waals surface area contributed by atoms with Crippen LogP contribution in [0.15, 0.2) is 23.4 Å². The molecule has 1 saturated heterocycles. The third-order valence-electron chi connectivity index (χ3n) is 3.52. The molecule has 1 aromatic carbocycles. The van der Waals surface area contributed by atoms with Crippen LogP contribution in [0.2, 0.25) is 0 Å². The number of hydrogen-bond acceptors (Lipinski definition) is 4. The summed E-state index contributed by atoms with van der Waals surface area (Å²) in [5.74, 6) is -1.36. The third-order valence-corrected chi connectivity index (χ3v) is 4.44. The Morgan fingerprint density at radius 3 is 2.81 bits per heavy atom. The maximum absolute atomic E-state index is 13.9. The summed E-state index contributed by atoms with van der Waals surface area (Å²) in [6, 6.07) is 4.86. The molecule has 0 spiro atoms. The molecule has 0 saturated carbocycles. The normalized spacial score (nSPS) is 15.6. The first-order valence-corrected chi connectivity index (χ1v) is 7.92. The van der Waals surface area contributed by atoms with Gasteiger partial charge in [0.15, 0.2) is 11.0 Å². The molecule has 2 aromatic rings. The predicted molar refractivity (Wildman–Crippen MR) is 79.9 cm³/mol. The van der Waals surface area contributed by atoms with Crippen LogP contribution in [-0.4, -0.2) is 39.6 Å². The number of thioether (sulfide) groups is 1. The van der Waals surface area contributed by atoms with Crippen molar-refractivity contribution in [3.8, 4) is 0 Å². The number of halogens is 1. The van der Waals surface area contributed by atoms with Gasteiger partial charge >= 0.3 is 5.97 Å². The first-order chi connectivity index (χ1) is 10.2. The second kappa shape index (κ2) is 5.93. The lowest BCUT2D eigenvalue weighted by Crippen LogP contribution is -2.39. The zero-order chi connectivity index (χ0) is 14.8. The molecule has 21 heavy (non-hydrogen) atoms. The Morgan fingerprint density at radius 2 is 2.10 bits per heavy atom. The van der Waals surface area contributed by atoms with Gasteiger partial charge in [0, 0.05) is 13.1 Å². The number of imidazole rings is 1. The van der Waals surface area contributed by atoms with Crippen molar-refractivity contribution >= 4 is 28.8 Å². The first kappa shape index (κ1) is 14.2. The Bertz CT molecular complexity index is 668. The molecule has 0 bridgehead atoms. The molecule has 1 fully saturated rings. The smallest absolute Gasteiger partial charge is 0.313 e. The van der Waals surface area contributed by atoms with Crippen LogP contribution in [0.5, 0.6) is 0 Å². The second-order valence-electron chi connectivity index (χ2n) is 5.01. The minimum absolute atomic E-state index is 0.0845. The fourth-order valence-electron chi connectivity index (χ4n) is 2.60. The van der Waals surface area contributed by atoms with Crippen molar-refractivity contribution in [2.75, 3.05) is 23.9 Å². The molecule has 1 aliphatic heterocycles. The van der Waals surface area contributed by atoms with Crippen LogP contribution in [0.3, 0.4) is 0 Å². The maximum Gasteiger partial charge on any atom is 0.313 e. The summed E-state index contributed by atoms with van der Waals surface area (Å²) in [6.45, 7) is 1.76. The zero-order valence-corrected chi connectivity index (χ0v) is 12.3. The minimum Gasteiger partial charge on any atom is -0.481 e. The SMILES string of the molecule is O=C(O)CSc1nc2c(F)cccc2n1N1CCCCC1. The molecular weight excluding hydrogens is 293 g/mol. The lowest BCUT2D eigenvalue weighted by Gasteiger charge is -2.31. The highest BCUT2D eigenvalue weighted by molar-refractivity contribution is 7.99. The Hall–Kier alpha value is -1.76. The standard InChI is InChI=1S/C14H16FN3O2S/c15-10-5-4-6-11-13(10)16-14(21-9-12(19)20)18(11)17-7-2-1-3-8-17/h4-6H,1-3,7-9H2,(H,19,20). The monoisotopic (exact) mass is 309 g/mol. The fraction of sp³-hybridized carbons (Fsp3) is 0.429. The molecular formula is C14H16FN3O2S. The number of rotatable bonds is 4. The van der Waals surface area contributed by atoms with Crippen molar-refractivity contribution < 1.29 is 14.3 Å². The average Bonchev–Trinajstić information content (AvgIpc) is 2.86. The number of para-hydroxylation sites is 1. The van der Waals surface area contributed by atoms with E-state index in [1.807, 2.05) is 10.7 Å². The summed E-state index contributed by atoms with van der Waals surface area (Å²) in [5, 5.41) is 11.5. The maximum atomic E-state index is 13.9. The number of aliphatic carboxylic acids is 1. The molecule has 1 aromatic heterocycles. The summed E-state index contributed by atoms with van der Waals surface area (Å²) in [4.78, 5) is 15.1. The van der Waals surface area contributed by atoms with Gasteiger partial charge < -0.3 is 10.1 Å². The van der Waals surface area contributed by atoms with Crippen LogP contribution in [0.1, 0.15) is 19.3 Å². The van der Waals surface area contributed by atoms with Crippen LogP contribution in [-0.2, 0) is 4.79 Å². The van der Waals surface area contributed by atoms with E-state index in [1.165, 1.54) is 12.5 Å². The highest BCUT2D eigenvalue weighted by Crippen LogP contribution is 2.27. The van der Waals surface area contributed by atoms with Gasteiger partial charge in [-0.05, 0) is 31.4 Å². The van der Waals surface area contributed by atoms with E-state index >= 15 is 0 Å². The lowest BCUT2D eigenvalue weighted by atomic mass is 10.2. The van der Waals surface area contributed by atoms with E-state index in [2.05, 4.69) is 9.99 Å². The van der Waals surface area contributed by atoms with Gasteiger partial charge in [0.1, 0.15) is 5.52 Å². The van der Waals surface area contributed by atoms with Gasteiger partial charge in [0.25, 0.3) is 0 Å². The Morgan fingerprint density at radius 1 is 1.33 bits per heavy atom. The summed E-state index contributed by atoms with van der Waals surface area (Å²) >= 11 is 1.13. The van der Waals surface area contributed by atoms with Crippen LogP contribution in [0, 0.1) is 5.82 Å². The van der Waals surface area contributed by atoms with E-state index < -0.39 is 5.97 Å². The molecule has 1 N–H and O–H groups in total. The van der Waals surface area contributed by atoms with Crippen LogP contribution >= 0.6 is 11.8 Å². The number of carboxylic acids is 1. The van der Waals surface area contributed by atoms with Gasteiger partial charge in [-0.3, -0.25) is 4.79 Å². The van der Waals surface area contributed by atoms with Crippen molar-refractivity contribution in [2.45, 2.75) is 24.4 Å². The number of carbonyl (C=O) groups is 1. The van der Waals surface area contributed by atoms with Gasteiger partial charge in [-0.25, -0.2) is 14.1 Å². The number of aromatic nitrogens is 2. The van der Waals surface area contributed by atoms with Crippen LogP contribution in [0.4, 0.5) is 4.39 Å². The molecule has 7 heteroatoms. The minimum atomic E-state index is -0.905. The molecule has 2 heterocycles. The number of fused-ring (bicyclic) bond motifs is 1. The quantitative estimate of drug-likeness (QED) is 0.879.